The van der Waals surface area contributed by atoms with Gasteiger partial charge in [-0.05, 0) is 0 Å². The molecule has 0 saturated carbocycles. The van der Waals surface area contributed by atoms with Gasteiger partial charge in [0.1, 0.15) is 0 Å². The first-order valence-electron chi connectivity index (χ1n) is 4.15. The summed E-state index contributed by atoms with van der Waals surface area (Å²) in [6, 6.07) is 7.02. The van der Waals surface area contributed by atoms with Crippen LogP contribution < -0.4 is 0 Å². The fraction of sp³-hybridized carbons (Fsp3) is 0.111. The Hall–Kier alpha value is -0.481. The van der Waals surface area contributed by atoms with Crippen molar-refractivity contribution in [3.05, 3.63) is 35.0 Å². The van der Waals surface area contributed by atoms with Gasteiger partial charge in [-0.1, -0.05) is 0 Å². The molecule has 2 aromatic rings. The second-order valence-corrected chi connectivity index (χ2v) is 6.89. The van der Waals surface area contributed by atoms with Crippen LogP contribution in [0, 0.1) is 6.92 Å². The number of hydrogen-bond donors (Lipinski definition) is 0. The van der Waals surface area contributed by atoms with Gasteiger partial charge in [0.2, 0.25) is 0 Å². The van der Waals surface area contributed by atoms with Gasteiger partial charge in [-0.2, -0.15) is 0 Å². The molecule has 6 heteroatoms. The van der Waals surface area contributed by atoms with Crippen molar-refractivity contribution in [2.24, 2.45) is 0 Å². The first kappa shape index (κ1) is 11.0. The second-order valence-electron chi connectivity index (χ2n) is 2.87. The molecule has 1 atom stereocenters. The van der Waals surface area contributed by atoms with E-state index in [1.54, 1.807) is 24.3 Å². The molecule has 1 heterocycles. The molecule has 15 heavy (non-hydrogen) atoms. The van der Waals surface area contributed by atoms with E-state index in [1.165, 1.54) is 0 Å². The van der Waals surface area contributed by atoms with Crippen molar-refractivity contribution in [1.82, 2.24) is 9.19 Å². The van der Waals surface area contributed by atoms with E-state index in [4.69, 9.17) is 11.6 Å². The molecule has 0 radical (unpaired) electrons. The number of aromatic nitrogens is 2. The van der Waals surface area contributed by atoms with E-state index in [0.717, 1.165) is 14.4 Å². The van der Waals surface area contributed by atoms with E-state index >= 15 is 0 Å². The van der Waals surface area contributed by atoms with Crippen LogP contribution in [0.2, 0.25) is 5.02 Å². The van der Waals surface area contributed by atoms with Gasteiger partial charge >= 0.3 is 101 Å². The Morgan fingerprint density at radius 3 is 2.53 bits per heavy atom. The molecule has 0 fully saturated rings. The summed E-state index contributed by atoms with van der Waals surface area (Å²) >= 11 is 5.64. The zero-order chi connectivity index (χ0) is 10.8. The number of halogens is 1. The Labute approximate surface area is 101 Å². The third-order valence-corrected chi connectivity index (χ3v) is 6.04. The van der Waals surface area contributed by atoms with E-state index in [1.807, 2.05) is 6.92 Å². The van der Waals surface area contributed by atoms with E-state index in [2.05, 4.69) is 9.19 Å². The number of nitrogens with zero attached hydrogens (tertiary/aromatic N) is 2. The molecule has 0 N–H and O–H groups in total. The summed E-state index contributed by atoms with van der Waals surface area (Å²) < 4.78 is 16.8. The van der Waals surface area contributed by atoms with Gasteiger partial charge in [-0.3, -0.25) is 0 Å². The molecule has 0 spiro atoms. The number of hydrogen-bond acceptors (Lipinski definition) is 3. The Kier molecular flexibility index (Phi) is 3.36. The fourth-order valence-corrected chi connectivity index (χ4v) is 4.23. The molecule has 0 aliphatic heterocycles. The zero-order valence-electron chi connectivity index (χ0n) is 7.81. The van der Waals surface area contributed by atoms with Gasteiger partial charge in [0, 0.05) is 0 Å². The van der Waals surface area contributed by atoms with Crippen molar-refractivity contribution in [3.63, 3.8) is 0 Å². The predicted octanol–water partition coefficient (Wildman–Crippen LogP) is 1.66. The molecule has 0 saturated heterocycles. The molecule has 78 valence electrons. The summed E-state index contributed by atoms with van der Waals surface area (Å²) in [4.78, 5) is 0.753. The van der Waals surface area contributed by atoms with Crippen LogP contribution in [0.25, 0.3) is 0 Å². The van der Waals surface area contributed by atoms with E-state index < -0.39 is 10.8 Å². The van der Waals surface area contributed by atoms with Crippen LogP contribution in [0.1, 0.15) is 5.69 Å². The van der Waals surface area contributed by atoms with Crippen LogP contribution >= 0.6 is 11.6 Å². The third-order valence-electron chi connectivity index (χ3n) is 1.81. The van der Waals surface area contributed by atoms with Crippen molar-refractivity contribution in [3.8, 4) is 0 Å². The third kappa shape index (κ3) is 2.37. The Morgan fingerprint density at radius 1 is 1.33 bits per heavy atom. The first-order chi connectivity index (χ1) is 7.18. The van der Waals surface area contributed by atoms with Crippen molar-refractivity contribution in [2.45, 2.75) is 15.6 Å². The second kappa shape index (κ2) is 4.58. The zero-order valence-corrected chi connectivity index (χ0v) is 11.1. The molecule has 0 aliphatic rings. The molecule has 3 nitrogen and oxygen atoms in total. The van der Waals surface area contributed by atoms with Gasteiger partial charge in [0.05, 0.1) is 0 Å². The number of aryl methyl sites for hydroxylation is 1. The van der Waals surface area contributed by atoms with E-state index in [9.17, 15) is 4.21 Å². The topological polar surface area (TPSA) is 42.9 Å². The molecule has 1 aromatic carbocycles. The molecule has 1 unspecified atom stereocenters. The maximum atomic E-state index is 12.1. The van der Waals surface area contributed by atoms with Crippen LogP contribution in [0.3, 0.4) is 0 Å². The summed E-state index contributed by atoms with van der Waals surface area (Å²) in [5.41, 5.74) is 0.781. The minimum absolute atomic E-state index is 0.116. The molecular formula is C9H7ClN2OSSe. The van der Waals surface area contributed by atoms with Crippen molar-refractivity contribution in [2.75, 3.05) is 0 Å². The quantitative estimate of drug-likeness (QED) is 0.793. The van der Waals surface area contributed by atoms with Crippen LogP contribution in [0.4, 0.5) is 0 Å². The molecule has 2 rings (SSSR count). The summed E-state index contributed by atoms with van der Waals surface area (Å²) in [5.74, 6) is 0. The van der Waals surface area contributed by atoms with Crippen LogP contribution in [0.15, 0.2) is 32.9 Å². The van der Waals surface area contributed by atoms with Gasteiger partial charge in [0.25, 0.3) is 0 Å². The SMILES string of the molecule is Cc1nn[se]c1S(=O)c1ccc(Cl)cc1. The van der Waals surface area contributed by atoms with Crippen LogP contribution in [-0.4, -0.2) is 28.1 Å². The Morgan fingerprint density at radius 2 is 2.00 bits per heavy atom. The summed E-state index contributed by atoms with van der Waals surface area (Å²) in [5, 5.41) is 4.54. The van der Waals surface area contributed by atoms with Gasteiger partial charge in [-0.15, -0.1) is 0 Å². The number of benzene rings is 1. The summed E-state index contributed by atoms with van der Waals surface area (Å²) in [6.45, 7) is 1.83. The van der Waals surface area contributed by atoms with Crippen molar-refractivity contribution < 1.29 is 4.21 Å². The van der Waals surface area contributed by atoms with Crippen molar-refractivity contribution >= 4 is 37.1 Å². The first-order valence-corrected chi connectivity index (χ1v) is 7.30. The van der Waals surface area contributed by atoms with E-state index in [-0.39, 0.29) is 14.7 Å². The van der Waals surface area contributed by atoms with Crippen LogP contribution in [-0.2, 0) is 10.8 Å². The minimum atomic E-state index is -1.14. The molecule has 1 aromatic heterocycles. The van der Waals surface area contributed by atoms with Crippen LogP contribution in [0.5, 0.6) is 0 Å². The fourth-order valence-electron chi connectivity index (χ4n) is 1.06. The standard InChI is InChI=1S/C9H7ClN2OSSe/c1-6-9(15-12-11-6)14(13)8-4-2-7(10)3-5-8/h2-5H,1H3. The average Bonchev–Trinajstić information content (AvgIpc) is 2.65. The maximum absolute atomic E-state index is 12.1. The molecule has 0 bridgehead atoms. The molecule has 0 amide bonds. The Balaban J connectivity index is 2.37. The Bertz CT molecular complexity index is 497. The summed E-state index contributed by atoms with van der Waals surface area (Å²) in [6.07, 6.45) is 0. The van der Waals surface area contributed by atoms with E-state index in [0.29, 0.717) is 5.02 Å². The monoisotopic (exact) mass is 306 g/mol. The molecule has 0 aliphatic carbocycles. The van der Waals surface area contributed by atoms with Gasteiger partial charge in [0.15, 0.2) is 0 Å². The van der Waals surface area contributed by atoms with Gasteiger partial charge < -0.3 is 0 Å². The number of rotatable bonds is 2. The average molecular weight is 306 g/mol. The van der Waals surface area contributed by atoms with Crippen molar-refractivity contribution in [1.29, 1.82) is 0 Å². The summed E-state index contributed by atoms with van der Waals surface area (Å²) in [7, 11) is -1.14. The normalized spacial score (nSPS) is 12.7. The molecular weight excluding hydrogens is 299 g/mol. The predicted molar refractivity (Wildman–Crippen MR) is 59.8 cm³/mol. The van der Waals surface area contributed by atoms with Gasteiger partial charge in [-0.25, -0.2) is 0 Å².